The molecule has 1 saturated heterocycles. The predicted octanol–water partition coefficient (Wildman–Crippen LogP) is 2.58. The maximum Gasteiger partial charge on any atom is 0.274 e. The standard InChI is InChI=1S/C16H22N4O2S/c1-11-8-20(13-4-6-22-7-5-13)18-15(11)16(21)19(3)9-14-12(2)17-10-23-14/h8,10,13H,4-7,9H2,1-3H3. The van der Waals surface area contributed by atoms with E-state index in [1.165, 1.54) is 0 Å². The Bertz CT molecular complexity index is 688. The Morgan fingerprint density at radius 3 is 2.83 bits per heavy atom. The van der Waals surface area contributed by atoms with Crippen LogP contribution in [0.2, 0.25) is 0 Å². The van der Waals surface area contributed by atoms with E-state index >= 15 is 0 Å². The van der Waals surface area contributed by atoms with Gasteiger partial charge in [-0.15, -0.1) is 11.3 Å². The molecule has 0 unspecified atom stereocenters. The van der Waals surface area contributed by atoms with Crippen LogP contribution in [0.5, 0.6) is 0 Å². The quantitative estimate of drug-likeness (QED) is 0.862. The summed E-state index contributed by atoms with van der Waals surface area (Å²) in [7, 11) is 1.81. The van der Waals surface area contributed by atoms with Crippen LogP contribution in [0.15, 0.2) is 11.7 Å². The van der Waals surface area contributed by atoms with Gasteiger partial charge in [-0.2, -0.15) is 5.10 Å². The van der Waals surface area contributed by atoms with E-state index in [-0.39, 0.29) is 5.91 Å². The fourth-order valence-electron chi connectivity index (χ4n) is 2.78. The number of hydrogen-bond acceptors (Lipinski definition) is 5. The van der Waals surface area contributed by atoms with Gasteiger partial charge in [0.15, 0.2) is 5.69 Å². The van der Waals surface area contributed by atoms with Crippen LogP contribution in [0.25, 0.3) is 0 Å². The van der Waals surface area contributed by atoms with Gasteiger partial charge in [0.1, 0.15) is 0 Å². The van der Waals surface area contributed by atoms with Gasteiger partial charge in [0.05, 0.1) is 23.8 Å². The van der Waals surface area contributed by atoms with Crippen molar-refractivity contribution in [2.75, 3.05) is 20.3 Å². The van der Waals surface area contributed by atoms with Crippen LogP contribution in [0, 0.1) is 13.8 Å². The van der Waals surface area contributed by atoms with Gasteiger partial charge >= 0.3 is 0 Å². The number of carbonyl (C=O) groups is 1. The molecule has 1 fully saturated rings. The molecular formula is C16H22N4O2S. The van der Waals surface area contributed by atoms with Crippen molar-refractivity contribution in [1.82, 2.24) is 19.7 Å². The van der Waals surface area contributed by atoms with Crippen LogP contribution < -0.4 is 0 Å². The van der Waals surface area contributed by atoms with Crippen molar-refractivity contribution < 1.29 is 9.53 Å². The summed E-state index contributed by atoms with van der Waals surface area (Å²) in [5.74, 6) is -0.0406. The summed E-state index contributed by atoms with van der Waals surface area (Å²) < 4.78 is 7.33. The third-order valence-electron chi connectivity index (χ3n) is 4.25. The van der Waals surface area contributed by atoms with Crippen molar-refractivity contribution in [1.29, 1.82) is 0 Å². The SMILES string of the molecule is Cc1cn(C2CCOCC2)nc1C(=O)N(C)Cc1scnc1C. The summed E-state index contributed by atoms with van der Waals surface area (Å²) in [4.78, 5) is 19.8. The van der Waals surface area contributed by atoms with Crippen molar-refractivity contribution in [2.45, 2.75) is 39.3 Å². The summed E-state index contributed by atoms with van der Waals surface area (Å²) in [6.07, 6.45) is 3.88. The van der Waals surface area contributed by atoms with E-state index in [0.717, 1.165) is 42.2 Å². The summed E-state index contributed by atoms with van der Waals surface area (Å²) in [6, 6.07) is 0.332. The zero-order chi connectivity index (χ0) is 16.4. The Kier molecular flexibility index (Phi) is 4.77. The van der Waals surface area contributed by atoms with E-state index in [2.05, 4.69) is 10.1 Å². The normalized spacial score (nSPS) is 15.8. The van der Waals surface area contributed by atoms with E-state index in [4.69, 9.17) is 4.74 Å². The van der Waals surface area contributed by atoms with Gasteiger partial charge in [0, 0.05) is 36.9 Å². The minimum atomic E-state index is -0.0406. The van der Waals surface area contributed by atoms with Gasteiger partial charge in [0.2, 0.25) is 0 Å². The van der Waals surface area contributed by atoms with E-state index in [1.54, 1.807) is 16.2 Å². The van der Waals surface area contributed by atoms with Crippen molar-refractivity contribution in [2.24, 2.45) is 0 Å². The highest BCUT2D eigenvalue weighted by Gasteiger charge is 2.23. The van der Waals surface area contributed by atoms with Crippen molar-refractivity contribution >= 4 is 17.2 Å². The smallest absolute Gasteiger partial charge is 0.274 e. The molecule has 124 valence electrons. The number of amides is 1. The maximum absolute atomic E-state index is 12.7. The first-order valence-electron chi connectivity index (χ1n) is 7.84. The molecule has 0 aliphatic carbocycles. The van der Waals surface area contributed by atoms with Crippen molar-refractivity contribution in [3.63, 3.8) is 0 Å². The molecule has 0 N–H and O–H groups in total. The predicted molar refractivity (Wildman–Crippen MR) is 88.7 cm³/mol. The number of rotatable bonds is 4. The lowest BCUT2D eigenvalue weighted by Gasteiger charge is -2.22. The average molecular weight is 334 g/mol. The number of aromatic nitrogens is 3. The second kappa shape index (κ2) is 6.80. The van der Waals surface area contributed by atoms with E-state index in [1.807, 2.05) is 37.3 Å². The number of hydrogen-bond donors (Lipinski definition) is 0. The van der Waals surface area contributed by atoms with Crippen molar-refractivity contribution in [3.05, 3.63) is 33.5 Å². The van der Waals surface area contributed by atoms with Crippen LogP contribution in [0.3, 0.4) is 0 Å². The van der Waals surface area contributed by atoms with Gasteiger partial charge in [-0.05, 0) is 26.7 Å². The number of carbonyl (C=O) groups excluding carboxylic acids is 1. The molecule has 7 heteroatoms. The molecule has 2 aromatic heterocycles. The molecule has 23 heavy (non-hydrogen) atoms. The first kappa shape index (κ1) is 16.1. The topological polar surface area (TPSA) is 60.3 Å². The van der Waals surface area contributed by atoms with Crippen LogP contribution in [0.1, 0.15) is 45.5 Å². The zero-order valence-electron chi connectivity index (χ0n) is 13.8. The van der Waals surface area contributed by atoms with E-state index in [0.29, 0.717) is 18.3 Å². The lowest BCUT2D eigenvalue weighted by atomic mass is 10.1. The lowest BCUT2D eigenvalue weighted by Crippen LogP contribution is -2.27. The number of ether oxygens (including phenoxy) is 1. The molecule has 1 amide bonds. The first-order valence-corrected chi connectivity index (χ1v) is 8.72. The average Bonchev–Trinajstić information content (AvgIpc) is 3.14. The summed E-state index contributed by atoms with van der Waals surface area (Å²) >= 11 is 1.58. The van der Waals surface area contributed by atoms with Crippen LogP contribution in [0.4, 0.5) is 0 Å². The van der Waals surface area contributed by atoms with Gasteiger partial charge in [-0.3, -0.25) is 9.48 Å². The van der Waals surface area contributed by atoms with E-state index in [9.17, 15) is 4.79 Å². The number of thiazole rings is 1. The fourth-order valence-corrected chi connectivity index (χ4v) is 3.61. The molecule has 0 saturated carbocycles. The Morgan fingerprint density at radius 2 is 2.17 bits per heavy atom. The second-order valence-corrected chi connectivity index (χ2v) is 6.95. The molecular weight excluding hydrogens is 312 g/mol. The molecule has 0 atom stereocenters. The maximum atomic E-state index is 12.7. The summed E-state index contributed by atoms with van der Waals surface area (Å²) in [5.41, 5.74) is 4.27. The van der Waals surface area contributed by atoms with Crippen LogP contribution in [-0.2, 0) is 11.3 Å². The summed E-state index contributed by atoms with van der Waals surface area (Å²) in [6.45, 7) is 6.00. The highest BCUT2D eigenvalue weighted by molar-refractivity contribution is 7.09. The summed E-state index contributed by atoms with van der Waals surface area (Å²) in [5, 5.41) is 4.56. The van der Waals surface area contributed by atoms with Gasteiger partial charge < -0.3 is 9.64 Å². The van der Waals surface area contributed by atoms with Crippen molar-refractivity contribution in [3.8, 4) is 0 Å². The zero-order valence-corrected chi connectivity index (χ0v) is 14.6. The third-order valence-corrected chi connectivity index (χ3v) is 5.17. The Hall–Kier alpha value is -1.73. The molecule has 3 heterocycles. The van der Waals surface area contributed by atoms with Gasteiger partial charge in [-0.25, -0.2) is 4.98 Å². The Balaban J connectivity index is 1.74. The van der Waals surface area contributed by atoms with Gasteiger partial charge in [0.25, 0.3) is 5.91 Å². The van der Waals surface area contributed by atoms with Gasteiger partial charge in [-0.1, -0.05) is 0 Å². The molecule has 0 bridgehead atoms. The molecule has 2 aromatic rings. The molecule has 0 aromatic carbocycles. The Labute approximate surface area is 140 Å². The fraction of sp³-hybridized carbons (Fsp3) is 0.562. The van der Waals surface area contributed by atoms with Crippen LogP contribution in [-0.4, -0.2) is 45.8 Å². The molecule has 0 spiro atoms. The van der Waals surface area contributed by atoms with E-state index < -0.39 is 0 Å². The monoisotopic (exact) mass is 334 g/mol. The number of nitrogens with zero attached hydrogens (tertiary/aromatic N) is 4. The molecule has 1 aliphatic rings. The molecule has 6 nitrogen and oxygen atoms in total. The highest BCUT2D eigenvalue weighted by Crippen LogP contribution is 2.22. The van der Waals surface area contributed by atoms with Crippen LogP contribution >= 0.6 is 11.3 Å². The number of aryl methyl sites for hydroxylation is 2. The molecule has 0 radical (unpaired) electrons. The largest absolute Gasteiger partial charge is 0.381 e. The minimum absolute atomic E-state index is 0.0406. The third kappa shape index (κ3) is 3.45. The molecule has 3 rings (SSSR count). The lowest BCUT2D eigenvalue weighted by molar-refractivity contribution is 0.0656. The second-order valence-electron chi connectivity index (χ2n) is 6.01. The highest BCUT2D eigenvalue weighted by atomic mass is 32.1. The Morgan fingerprint density at radius 1 is 1.43 bits per heavy atom. The molecule has 1 aliphatic heterocycles. The minimum Gasteiger partial charge on any atom is -0.381 e. The first-order chi connectivity index (χ1) is 11.1.